The highest BCUT2D eigenvalue weighted by Gasteiger charge is 2.08. The van der Waals surface area contributed by atoms with Gasteiger partial charge in [0.1, 0.15) is 0 Å². The van der Waals surface area contributed by atoms with Gasteiger partial charge in [0, 0.05) is 4.91 Å². The lowest BCUT2D eigenvalue weighted by atomic mass is 10.0. The Morgan fingerprint density at radius 1 is 1.21 bits per heavy atom. The second-order valence-corrected chi connectivity index (χ2v) is 4.93. The van der Waals surface area contributed by atoms with Crippen LogP contribution in [0.5, 0.6) is 0 Å². The first-order valence-electron chi connectivity index (χ1n) is 4.99. The maximum atomic E-state index is 4.15. The van der Waals surface area contributed by atoms with Crippen molar-refractivity contribution in [1.29, 1.82) is 0 Å². The molecule has 0 aliphatic rings. The molecule has 1 heteroatoms. The van der Waals surface area contributed by atoms with E-state index in [1.807, 2.05) is 0 Å². The molecule has 80 valence electrons. The summed E-state index contributed by atoms with van der Waals surface area (Å²) in [6.45, 7) is 14.9. The summed E-state index contributed by atoms with van der Waals surface area (Å²) in [7, 11) is 0. The Morgan fingerprint density at radius 2 is 1.71 bits per heavy atom. The molecule has 0 atom stereocenters. The molecule has 0 fully saturated rings. The molecule has 0 saturated carbocycles. The highest BCUT2D eigenvalue weighted by Crippen LogP contribution is 2.29. The van der Waals surface area contributed by atoms with Gasteiger partial charge in [-0.05, 0) is 44.1 Å². The van der Waals surface area contributed by atoms with Crippen molar-refractivity contribution < 1.29 is 0 Å². The van der Waals surface area contributed by atoms with E-state index in [1.165, 1.54) is 21.6 Å². The van der Waals surface area contributed by atoms with Gasteiger partial charge in [0.05, 0.1) is 0 Å². The van der Waals surface area contributed by atoms with E-state index in [0.29, 0.717) is 5.92 Å². The fraction of sp³-hybridized carbons (Fsp3) is 0.538. The largest absolute Gasteiger partial charge is 0.129 e. The average Bonchev–Trinajstić information content (AvgIpc) is 2.03. The number of thioether (sulfide) groups is 1. The Labute approximate surface area is 93.2 Å². The van der Waals surface area contributed by atoms with Crippen LogP contribution in [0.1, 0.15) is 34.6 Å². The summed E-state index contributed by atoms with van der Waals surface area (Å²) in [5.41, 5.74) is 3.91. The topological polar surface area (TPSA) is 0 Å². The molecule has 0 heterocycles. The Bertz CT molecular complexity index is 263. The molecule has 0 aromatic heterocycles. The molecule has 0 nitrogen and oxygen atoms in total. The predicted octanol–water partition coefficient (Wildman–Crippen LogP) is 4.80. The van der Waals surface area contributed by atoms with Crippen molar-refractivity contribution >= 4 is 11.8 Å². The molecule has 0 aliphatic heterocycles. The van der Waals surface area contributed by atoms with Crippen LogP contribution in [0.3, 0.4) is 0 Å². The van der Waals surface area contributed by atoms with Crippen molar-refractivity contribution in [2.75, 3.05) is 6.26 Å². The first-order chi connectivity index (χ1) is 6.40. The number of hydrogen-bond donors (Lipinski definition) is 0. The standard InChI is InChI=1S/C13H22S/c1-9(2)8-11(5)13(14-7)12(6)10(3)4/h8,10H,6H2,1-5,7H3/b13-11+. The van der Waals surface area contributed by atoms with Crippen molar-refractivity contribution in [3.05, 3.63) is 34.3 Å². The Balaban J connectivity index is 5.04. The highest BCUT2D eigenvalue weighted by atomic mass is 32.2. The molecule has 0 amide bonds. The molecule has 0 aliphatic carbocycles. The summed E-state index contributed by atoms with van der Waals surface area (Å²) in [5.74, 6) is 0.526. The van der Waals surface area contributed by atoms with Gasteiger partial charge in [-0.15, -0.1) is 11.8 Å². The first kappa shape index (κ1) is 13.6. The molecular formula is C13H22S. The van der Waals surface area contributed by atoms with Crippen molar-refractivity contribution in [2.24, 2.45) is 5.92 Å². The summed E-state index contributed by atoms with van der Waals surface area (Å²) < 4.78 is 0. The molecular weight excluding hydrogens is 188 g/mol. The zero-order valence-corrected chi connectivity index (χ0v) is 11.1. The quantitative estimate of drug-likeness (QED) is 0.600. The van der Waals surface area contributed by atoms with Crippen molar-refractivity contribution in [3.63, 3.8) is 0 Å². The van der Waals surface area contributed by atoms with E-state index in [-0.39, 0.29) is 0 Å². The van der Waals surface area contributed by atoms with Gasteiger partial charge in [-0.2, -0.15) is 0 Å². The smallest absolute Gasteiger partial charge is 0.0127 e. The predicted molar refractivity (Wildman–Crippen MR) is 69.6 cm³/mol. The molecule has 0 rings (SSSR count). The van der Waals surface area contributed by atoms with E-state index >= 15 is 0 Å². The van der Waals surface area contributed by atoms with Gasteiger partial charge in [-0.25, -0.2) is 0 Å². The Hall–Kier alpha value is -0.430. The molecule has 0 spiro atoms. The second kappa shape index (κ2) is 6.13. The summed E-state index contributed by atoms with van der Waals surface area (Å²) in [6, 6.07) is 0. The molecule has 0 radical (unpaired) electrons. The van der Waals surface area contributed by atoms with E-state index in [1.54, 1.807) is 11.8 Å². The molecule has 0 N–H and O–H groups in total. The van der Waals surface area contributed by atoms with E-state index in [0.717, 1.165) is 0 Å². The average molecular weight is 210 g/mol. The first-order valence-corrected chi connectivity index (χ1v) is 6.21. The highest BCUT2D eigenvalue weighted by molar-refractivity contribution is 8.02. The van der Waals surface area contributed by atoms with Crippen LogP contribution in [0.15, 0.2) is 34.3 Å². The van der Waals surface area contributed by atoms with E-state index in [9.17, 15) is 0 Å². The van der Waals surface area contributed by atoms with Crippen molar-refractivity contribution in [1.82, 2.24) is 0 Å². The fourth-order valence-corrected chi connectivity index (χ4v) is 2.18. The van der Waals surface area contributed by atoms with Gasteiger partial charge in [-0.1, -0.05) is 32.1 Å². The second-order valence-electron chi connectivity index (χ2n) is 4.12. The van der Waals surface area contributed by atoms with E-state index in [4.69, 9.17) is 0 Å². The van der Waals surface area contributed by atoms with Crippen LogP contribution in [0.4, 0.5) is 0 Å². The van der Waals surface area contributed by atoms with E-state index in [2.05, 4.69) is 53.5 Å². The number of hydrogen-bond acceptors (Lipinski definition) is 1. The third kappa shape index (κ3) is 4.19. The third-order valence-electron chi connectivity index (χ3n) is 2.06. The maximum absolute atomic E-state index is 4.15. The zero-order valence-electron chi connectivity index (χ0n) is 10.3. The van der Waals surface area contributed by atoms with Gasteiger partial charge >= 0.3 is 0 Å². The Morgan fingerprint density at radius 3 is 2.00 bits per heavy atom. The number of allylic oxidation sites excluding steroid dienone is 4. The van der Waals surface area contributed by atoms with Crippen LogP contribution in [0.2, 0.25) is 0 Å². The van der Waals surface area contributed by atoms with Crippen molar-refractivity contribution in [2.45, 2.75) is 34.6 Å². The Kier molecular flexibility index (Phi) is 5.94. The lowest BCUT2D eigenvalue weighted by Crippen LogP contribution is -1.95. The van der Waals surface area contributed by atoms with E-state index < -0.39 is 0 Å². The van der Waals surface area contributed by atoms with Gasteiger partial charge in [0.25, 0.3) is 0 Å². The van der Waals surface area contributed by atoms with Crippen LogP contribution >= 0.6 is 11.8 Å². The molecule has 0 aromatic carbocycles. The summed E-state index contributed by atoms with van der Waals surface area (Å²) in [5, 5.41) is 0. The zero-order chi connectivity index (χ0) is 11.3. The van der Waals surface area contributed by atoms with Crippen molar-refractivity contribution in [3.8, 4) is 0 Å². The van der Waals surface area contributed by atoms with Gasteiger partial charge < -0.3 is 0 Å². The monoisotopic (exact) mass is 210 g/mol. The SMILES string of the molecule is C=C(/C(SC)=C(/C)C=C(C)C)C(C)C. The molecule has 0 saturated heterocycles. The molecule has 0 bridgehead atoms. The van der Waals surface area contributed by atoms with Crippen LogP contribution in [0, 0.1) is 5.92 Å². The molecule has 0 aromatic rings. The lowest BCUT2D eigenvalue weighted by molar-refractivity contribution is 0.790. The van der Waals surface area contributed by atoms with Crippen LogP contribution < -0.4 is 0 Å². The summed E-state index contributed by atoms with van der Waals surface area (Å²) in [4.78, 5) is 1.33. The van der Waals surface area contributed by atoms with Gasteiger partial charge in [-0.3, -0.25) is 0 Å². The van der Waals surface area contributed by atoms with Crippen LogP contribution in [-0.4, -0.2) is 6.26 Å². The lowest BCUT2D eigenvalue weighted by Gasteiger charge is -2.14. The summed E-state index contributed by atoms with van der Waals surface area (Å²) in [6.07, 6.45) is 4.34. The number of rotatable bonds is 4. The maximum Gasteiger partial charge on any atom is 0.0127 e. The summed E-state index contributed by atoms with van der Waals surface area (Å²) >= 11 is 1.79. The molecule has 0 unspecified atom stereocenters. The van der Waals surface area contributed by atoms with Gasteiger partial charge in [0.2, 0.25) is 0 Å². The minimum Gasteiger partial charge on any atom is -0.129 e. The van der Waals surface area contributed by atoms with Crippen LogP contribution in [0.25, 0.3) is 0 Å². The fourth-order valence-electron chi connectivity index (χ4n) is 1.31. The normalized spacial score (nSPS) is 12.5. The van der Waals surface area contributed by atoms with Crippen LogP contribution in [-0.2, 0) is 0 Å². The minimum atomic E-state index is 0.526. The van der Waals surface area contributed by atoms with Gasteiger partial charge in [0.15, 0.2) is 0 Å². The third-order valence-corrected chi connectivity index (χ3v) is 3.05. The molecule has 14 heavy (non-hydrogen) atoms. The minimum absolute atomic E-state index is 0.526.